The number of nitro benzene ring substituents is 1. The van der Waals surface area contributed by atoms with E-state index >= 15 is 0 Å². The summed E-state index contributed by atoms with van der Waals surface area (Å²) in [6.07, 6.45) is 0. The molecule has 2 N–H and O–H groups in total. The van der Waals surface area contributed by atoms with Crippen LogP contribution in [0.5, 0.6) is 0 Å². The fourth-order valence-electron chi connectivity index (χ4n) is 1.94. The van der Waals surface area contributed by atoms with Gasteiger partial charge in [-0.25, -0.2) is 4.68 Å². The van der Waals surface area contributed by atoms with Crippen LogP contribution in [0.2, 0.25) is 0 Å². The molecule has 0 fully saturated rings. The number of hydrogen-bond acceptors (Lipinski definition) is 5. The molecule has 8 nitrogen and oxygen atoms in total. The predicted octanol–water partition coefficient (Wildman–Crippen LogP) is 0.925. The van der Waals surface area contributed by atoms with Crippen molar-refractivity contribution in [1.29, 1.82) is 0 Å². The Bertz CT molecular complexity index is 778. The summed E-state index contributed by atoms with van der Waals surface area (Å²) in [6.45, 7) is 2.56. The molecule has 0 atom stereocenters. The number of benzene rings is 1. The van der Waals surface area contributed by atoms with Gasteiger partial charge in [-0.1, -0.05) is 0 Å². The first-order valence-electron chi connectivity index (χ1n) is 6.32. The first-order valence-corrected chi connectivity index (χ1v) is 6.32. The second-order valence-corrected chi connectivity index (χ2v) is 4.36. The van der Waals surface area contributed by atoms with Crippen molar-refractivity contribution in [2.24, 2.45) is 0 Å². The van der Waals surface area contributed by atoms with Crippen molar-refractivity contribution in [3.05, 3.63) is 66.7 Å². The zero-order valence-corrected chi connectivity index (χ0v) is 11.3. The predicted molar refractivity (Wildman–Crippen MR) is 77.7 cm³/mol. The van der Waals surface area contributed by atoms with Crippen LogP contribution in [0.25, 0.3) is 0 Å². The van der Waals surface area contributed by atoms with Crippen molar-refractivity contribution in [2.75, 3.05) is 11.9 Å². The molecular formula is C13H14N4O4. The average molecular weight is 290 g/mol. The number of H-pyrrole nitrogens is 1. The van der Waals surface area contributed by atoms with Gasteiger partial charge in [0.2, 0.25) is 0 Å². The van der Waals surface area contributed by atoms with Crippen molar-refractivity contribution >= 4 is 11.4 Å². The van der Waals surface area contributed by atoms with Crippen LogP contribution in [0.3, 0.4) is 0 Å². The molecule has 110 valence electrons. The summed E-state index contributed by atoms with van der Waals surface area (Å²) in [5, 5.41) is 16.3. The quantitative estimate of drug-likeness (QED) is 0.628. The normalized spacial score (nSPS) is 10.3. The van der Waals surface area contributed by atoms with Gasteiger partial charge >= 0.3 is 0 Å². The lowest BCUT2D eigenvalue weighted by Gasteiger charge is -2.11. The number of aromatic amines is 1. The van der Waals surface area contributed by atoms with Crippen molar-refractivity contribution in [3.8, 4) is 0 Å². The monoisotopic (exact) mass is 290 g/mol. The van der Waals surface area contributed by atoms with E-state index in [1.54, 1.807) is 6.07 Å². The third-order valence-electron chi connectivity index (χ3n) is 2.88. The highest BCUT2D eigenvalue weighted by Gasteiger charge is 2.11. The summed E-state index contributed by atoms with van der Waals surface area (Å²) >= 11 is 0. The Hall–Kier alpha value is -2.90. The molecule has 1 aromatic carbocycles. The maximum absolute atomic E-state index is 11.7. The summed E-state index contributed by atoms with van der Waals surface area (Å²) < 4.78 is 1.11. The molecule has 0 saturated heterocycles. The van der Waals surface area contributed by atoms with E-state index in [1.807, 2.05) is 6.92 Å². The van der Waals surface area contributed by atoms with Gasteiger partial charge in [-0.05, 0) is 13.0 Å². The lowest BCUT2D eigenvalue weighted by atomic mass is 10.1. The minimum atomic E-state index is -0.504. The summed E-state index contributed by atoms with van der Waals surface area (Å²) in [5.41, 5.74) is 0.362. The topological polar surface area (TPSA) is 110 Å². The number of rotatable bonds is 5. The minimum absolute atomic E-state index is 0.0406. The van der Waals surface area contributed by atoms with Crippen LogP contribution in [-0.4, -0.2) is 21.2 Å². The highest BCUT2D eigenvalue weighted by molar-refractivity contribution is 5.56. The second-order valence-electron chi connectivity index (χ2n) is 4.36. The standard InChI is InChI=1S/C13H14N4O4/c1-2-14-11-4-3-10(17(20)21)7-9(11)8-16-13(19)6-5-12(18)15-16/h3-7,14H,2,8H2,1H3,(H,15,18). The summed E-state index contributed by atoms with van der Waals surface area (Å²) in [5.74, 6) is 0. The van der Waals surface area contributed by atoms with Crippen molar-refractivity contribution in [2.45, 2.75) is 13.5 Å². The number of nitro groups is 1. The fourth-order valence-corrected chi connectivity index (χ4v) is 1.94. The average Bonchev–Trinajstić information content (AvgIpc) is 2.44. The van der Waals surface area contributed by atoms with E-state index < -0.39 is 10.5 Å². The molecule has 0 aliphatic rings. The molecule has 0 aliphatic heterocycles. The van der Waals surface area contributed by atoms with E-state index in [-0.39, 0.29) is 17.8 Å². The molecule has 0 unspecified atom stereocenters. The molecule has 2 rings (SSSR count). The third-order valence-corrected chi connectivity index (χ3v) is 2.88. The maximum Gasteiger partial charge on any atom is 0.269 e. The number of hydrogen-bond donors (Lipinski definition) is 2. The highest BCUT2D eigenvalue weighted by atomic mass is 16.6. The van der Waals surface area contributed by atoms with E-state index in [0.717, 1.165) is 16.8 Å². The molecule has 0 radical (unpaired) electrons. The van der Waals surface area contributed by atoms with E-state index in [9.17, 15) is 19.7 Å². The number of nitrogens with zero attached hydrogens (tertiary/aromatic N) is 2. The Morgan fingerprint density at radius 1 is 1.29 bits per heavy atom. The zero-order chi connectivity index (χ0) is 15.4. The van der Waals surface area contributed by atoms with Gasteiger partial charge in [0.05, 0.1) is 11.5 Å². The van der Waals surface area contributed by atoms with E-state index in [0.29, 0.717) is 17.8 Å². The van der Waals surface area contributed by atoms with Crippen LogP contribution in [0.4, 0.5) is 11.4 Å². The molecule has 0 bridgehead atoms. The minimum Gasteiger partial charge on any atom is -0.385 e. The molecule has 0 spiro atoms. The summed E-state index contributed by atoms with van der Waals surface area (Å²) in [4.78, 5) is 33.3. The van der Waals surface area contributed by atoms with Gasteiger partial charge in [-0.15, -0.1) is 0 Å². The van der Waals surface area contributed by atoms with Gasteiger partial charge in [0.25, 0.3) is 16.8 Å². The van der Waals surface area contributed by atoms with Gasteiger partial charge < -0.3 is 5.32 Å². The summed E-state index contributed by atoms with van der Waals surface area (Å²) in [6, 6.07) is 6.65. The number of nitrogens with one attached hydrogen (secondary N) is 2. The van der Waals surface area contributed by atoms with Crippen LogP contribution in [0, 0.1) is 10.1 Å². The van der Waals surface area contributed by atoms with Crippen LogP contribution in [-0.2, 0) is 6.54 Å². The Labute approximate surface area is 119 Å². The smallest absolute Gasteiger partial charge is 0.269 e. The Balaban J connectivity index is 2.47. The number of anilines is 1. The molecule has 8 heteroatoms. The lowest BCUT2D eigenvalue weighted by Crippen LogP contribution is -2.28. The van der Waals surface area contributed by atoms with Gasteiger partial charge in [0.1, 0.15) is 0 Å². The molecule has 1 heterocycles. The Morgan fingerprint density at radius 2 is 2.05 bits per heavy atom. The largest absolute Gasteiger partial charge is 0.385 e. The van der Waals surface area contributed by atoms with E-state index in [2.05, 4.69) is 10.4 Å². The van der Waals surface area contributed by atoms with Gasteiger partial charge in [-0.2, -0.15) is 0 Å². The molecule has 0 amide bonds. The van der Waals surface area contributed by atoms with Crippen LogP contribution >= 0.6 is 0 Å². The zero-order valence-electron chi connectivity index (χ0n) is 11.3. The first-order chi connectivity index (χ1) is 10.0. The first kappa shape index (κ1) is 14.5. The molecule has 0 aliphatic carbocycles. The van der Waals surface area contributed by atoms with Crippen molar-refractivity contribution in [3.63, 3.8) is 0 Å². The molecule has 0 saturated carbocycles. The Kier molecular flexibility index (Phi) is 4.17. The van der Waals surface area contributed by atoms with E-state index in [4.69, 9.17) is 0 Å². The Morgan fingerprint density at radius 3 is 2.71 bits per heavy atom. The highest BCUT2D eigenvalue weighted by Crippen LogP contribution is 2.22. The maximum atomic E-state index is 11.7. The number of non-ortho nitro benzene ring substituents is 1. The lowest BCUT2D eigenvalue weighted by molar-refractivity contribution is -0.384. The van der Waals surface area contributed by atoms with Gasteiger partial charge in [-0.3, -0.25) is 24.8 Å². The third kappa shape index (κ3) is 3.35. The second kappa shape index (κ2) is 6.04. The van der Waals surface area contributed by atoms with Gasteiger partial charge in [0, 0.05) is 42.1 Å². The molecule has 2 aromatic rings. The summed E-state index contributed by atoms with van der Waals surface area (Å²) in [7, 11) is 0. The fraction of sp³-hybridized carbons (Fsp3) is 0.231. The van der Waals surface area contributed by atoms with Crippen LogP contribution < -0.4 is 16.4 Å². The van der Waals surface area contributed by atoms with Crippen LogP contribution in [0.1, 0.15) is 12.5 Å². The SMILES string of the molecule is CCNc1ccc([N+](=O)[O-])cc1Cn1[nH]c(=O)ccc1=O. The van der Waals surface area contributed by atoms with Crippen LogP contribution in [0.15, 0.2) is 39.9 Å². The number of aromatic nitrogens is 2. The van der Waals surface area contributed by atoms with Crippen molar-refractivity contribution in [1.82, 2.24) is 9.78 Å². The van der Waals surface area contributed by atoms with Crippen molar-refractivity contribution < 1.29 is 4.92 Å². The van der Waals surface area contributed by atoms with Gasteiger partial charge in [0.15, 0.2) is 0 Å². The molecule has 21 heavy (non-hydrogen) atoms. The molecule has 1 aromatic heterocycles. The van der Waals surface area contributed by atoms with E-state index in [1.165, 1.54) is 12.1 Å². The molecular weight excluding hydrogens is 276 g/mol.